The molecule has 0 saturated heterocycles. The van der Waals surface area contributed by atoms with Crippen LogP contribution in [0.15, 0.2) is 52.8 Å². The Kier molecular flexibility index (Phi) is 4.24. The number of rotatable bonds is 2. The normalized spacial score (nSPS) is 35.7. The second-order valence-corrected chi connectivity index (χ2v) is 7.55. The van der Waals surface area contributed by atoms with Crippen molar-refractivity contribution in [1.82, 2.24) is 0 Å². The Hall–Kier alpha value is -1.57. The Morgan fingerprint density at radius 2 is 1.35 bits per heavy atom. The van der Waals surface area contributed by atoms with Crippen LogP contribution in [0.3, 0.4) is 0 Å². The Labute approximate surface area is 139 Å². The maximum absolute atomic E-state index is 9.91. The van der Waals surface area contributed by atoms with Crippen LogP contribution >= 0.6 is 0 Å². The van der Waals surface area contributed by atoms with Gasteiger partial charge < -0.3 is 5.21 Å². The van der Waals surface area contributed by atoms with Gasteiger partial charge in [-0.05, 0) is 50.4 Å². The summed E-state index contributed by atoms with van der Waals surface area (Å²) in [5, 5.41) is 13.8. The van der Waals surface area contributed by atoms with E-state index in [0.29, 0.717) is 23.7 Å². The zero-order chi connectivity index (χ0) is 15.6. The number of fused-ring (bicyclic) bond motifs is 2. The van der Waals surface area contributed by atoms with Gasteiger partial charge in [-0.25, -0.2) is 0 Å². The molecule has 4 aliphatic carbocycles. The summed E-state index contributed by atoms with van der Waals surface area (Å²) in [7, 11) is 0. The van der Waals surface area contributed by atoms with E-state index in [1.807, 2.05) is 0 Å². The van der Waals surface area contributed by atoms with E-state index in [4.69, 9.17) is 0 Å². The molecule has 4 atom stereocenters. The van der Waals surface area contributed by atoms with E-state index in [0.717, 1.165) is 18.6 Å². The predicted octanol–water partition coefficient (Wildman–Crippen LogP) is 5.42. The van der Waals surface area contributed by atoms with Crippen molar-refractivity contribution in [2.75, 3.05) is 0 Å². The van der Waals surface area contributed by atoms with Gasteiger partial charge in [0.15, 0.2) is 0 Å². The van der Waals surface area contributed by atoms with Crippen molar-refractivity contribution in [3.63, 3.8) is 0 Å². The van der Waals surface area contributed by atoms with Crippen molar-refractivity contribution in [3.05, 3.63) is 47.6 Å². The van der Waals surface area contributed by atoms with Crippen LogP contribution < -0.4 is 0 Å². The molecule has 0 aromatic heterocycles. The van der Waals surface area contributed by atoms with Crippen LogP contribution in [-0.2, 0) is 0 Å². The van der Waals surface area contributed by atoms with Gasteiger partial charge in [-0.3, -0.25) is 0 Å². The highest BCUT2D eigenvalue weighted by Crippen LogP contribution is 2.45. The smallest absolute Gasteiger partial charge is 0.0713 e. The minimum Gasteiger partial charge on any atom is -0.411 e. The third kappa shape index (κ3) is 2.73. The molecule has 2 heteroatoms. The standard InChI is InChI=1S/C21H27NO/c23-22-21(19-13-5-9-15-7-1-3-11-17(15)19)20-14-6-10-16-8-2-4-12-18(16)20/h1-4,11-12,15-16,19-20,23H,5-10,13-14H2. The zero-order valence-corrected chi connectivity index (χ0v) is 13.8. The zero-order valence-electron chi connectivity index (χ0n) is 13.8. The fourth-order valence-electron chi connectivity index (χ4n) is 5.25. The van der Waals surface area contributed by atoms with Crippen molar-refractivity contribution in [2.24, 2.45) is 28.8 Å². The molecule has 0 spiro atoms. The molecule has 4 unspecified atom stereocenters. The third-order valence-electron chi connectivity index (χ3n) is 6.36. The average Bonchev–Trinajstić information content (AvgIpc) is 2.63. The van der Waals surface area contributed by atoms with Gasteiger partial charge in [0, 0.05) is 11.8 Å². The van der Waals surface area contributed by atoms with Crippen molar-refractivity contribution in [2.45, 2.75) is 51.4 Å². The van der Waals surface area contributed by atoms with E-state index in [9.17, 15) is 5.21 Å². The monoisotopic (exact) mass is 309 g/mol. The van der Waals surface area contributed by atoms with E-state index < -0.39 is 0 Å². The van der Waals surface area contributed by atoms with Crippen LogP contribution in [0.2, 0.25) is 0 Å². The molecule has 0 aliphatic heterocycles. The van der Waals surface area contributed by atoms with Crippen LogP contribution in [-0.4, -0.2) is 10.9 Å². The molecule has 1 N–H and O–H groups in total. The van der Waals surface area contributed by atoms with Crippen molar-refractivity contribution in [1.29, 1.82) is 0 Å². The van der Waals surface area contributed by atoms with Crippen LogP contribution in [0, 0.1) is 23.7 Å². The fourth-order valence-corrected chi connectivity index (χ4v) is 5.25. The molecular weight excluding hydrogens is 282 g/mol. The Bertz CT molecular complexity index is 557. The lowest BCUT2D eigenvalue weighted by Gasteiger charge is -2.40. The predicted molar refractivity (Wildman–Crippen MR) is 94.6 cm³/mol. The highest BCUT2D eigenvalue weighted by molar-refractivity contribution is 5.93. The molecular formula is C21H27NO. The maximum atomic E-state index is 9.91. The van der Waals surface area contributed by atoms with E-state index in [1.165, 1.54) is 49.7 Å². The molecule has 0 aromatic rings. The second-order valence-electron chi connectivity index (χ2n) is 7.55. The first-order chi connectivity index (χ1) is 11.4. The Morgan fingerprint density at radius 3 is 1.83 bits per heavy atom. The number of allylic oxidation sites excluding steroid dienone is 8. The number of hydrogen-bond donors (Lipinski definition) is 1. The Morgan fingerprint density at radius 1 is 0.826 bits per heavy atom. The molecule has 0 radical (unpaired) electrons. The maximum Gasteiger partial charge on any atom is 0.0713 e. The summed E-state index contributed by atoms with van der Waals surface area (Å²) in [6.07, 6.45) is 23.3. The van der Waals surface area contributed by atoms with Crippen molar-refractivity contribution < 1.29 is 5.21 Å². The summed E-state index contributed by atoms with van der Waals surface area (Å²) < 4.78 is 0. The first kappa shape index (κ1) is 15.0. The molecule has 2 fully saturated rings. The van der Waals surface area contributed by atoms with Crippen molar-refractivity contribution in [3.8, 4) is 0 Å². The van der Waals surface area contributed by atoms with Gasteiger partial charge in [0.05, 0.1) is 5.71 Å². The molecule has 2 saturated carbocycles. The molecule has 0 aromatic carbocycles. The summed E-state index contributed by atoms with van der Waals surface area (Å²) in [4.78, 5) is 0. The number of oxime groups is 1. The molecule has 23 heavy (non-hydrogen) atoms. The summed E-state index contributed by atoms with van der Waals surface area (Å²) in [6, 6.07) is 0. The quantitative estimate of drug-likeness (QED) is 0.412. The fraction of sp³-hybridized carbons (Fsp3) is 0.571. The van der Waals surface area contributed by atoms with Crippen LogP contribution in [0.4, 0.5) is 0 Å². The summed E-state index contributed by atoms with van der Waals surface area (Å²) in [5.41, 5.74) is 4.11. The summed E-state index contributed by atoms with van der Waals surface area (Å²) in [6.45, 7) is 0. The second kappa shape index (κ2) is 6.51. The molecule has 122 valence electrons. The number of nitrogens with zero attached hydrogens (tertiary/aromatic N) is 1. The largest absolute Gasteiger partial charge is 0.411 e. The molecule has 4 rings (SSSR count). The first-order valence-electron chi connectivity index (χ1n) is 9.33. The van der Waals surface area contributed by atoms with E-state index in [-0.39, 0.29) is 0 Å². The topological polar surface area (TPSA) is 32.6 Å². The van der Waals surface area contributed by atoms with Crippen molar-refractivity contribution >= 4 is 5.71 Å². The van der Waals surface area contributed by atoms with Gasteiger partial charge in [0.2, 0.25) is 0 Å². The molecule has 0 amide bonds. The van der Waals surface area contributed by atoms with Gasteiger partial charge in [-0.2, -0.15) is 0 Å². The van der Waals surface area contributed by atoms with Crippen LogP contribution in [0.1, 0.15) is 51.4 Å². The van der Waals surface area contributed by atoms with Crippen LogP contribution in [0.25, 0.3) is 0 Å². The molecule has 0 heterocycles. The van der Waals surface area contributed by atoms with Gasteiger partial charge in [-0.1, -0.05) is 65.6 Å². The van der Waals surface area contributed by atoms with E-state index >= 15 is 0 Å². The van der Waals surface area contributed by atoms with Gasteiger partial charge in [0.1, 0.15) is 0 Å². The summed E-state index contributed by atoms with van der Waals surface area (Å²) >= 11 is 0. The molecule has 4 aliphatic rings. The van der Waals surface area contributed by atoms with E-state index in [2.05, 4.69) is 41.6 Å². The van der Waals surface area contributed by atoms with Gasteiger partial charge in [0.25, 0.3) is 0 Å². The van der Waals surface area contributed by atoms with Crippen LogP contribution in [0.5, 0.6) is 0 Å². The van der Waals surface area contributed by atoms with Gasteiger partial charge in [-0.15, -0.1) is 0 Å². The average molecular weight is 309 g/mol. The van der Waals surface area contributed by atoms with E-state index in [1.54, 1.807) is 0 Å². The molecule has 2 nitrogen and oxygen atoms in total. The lowest BCUT2D eigenvalue weighted by molar-refractivity contribution is 0.300. The molecule has 0 bridgehead atoms. The lowest BCUT2D eigenvalue weighted by Crippen LogP contribution is -2.35. The first-order valence-corrected chi connectivity index (χ1v) is 9.33. The van der Waals surface area contributed by atoms with Gasteiger partial charge >= 0.3 is 0 Å². The number of hydrogen-bond acceptors (Lipinski definition) is 2. The third-order valence-corrected chi connectivity index (χ3v) is 6.36. The SMILES string of the molecule is ON=C(C1CCCC2CC=CC=C21)C1CCCC2CC=CC=C21. The Balaban J connectivity index is 1.65. The minimum absolute atomic E-state index is 0.360. The summed E-state index contributed by atoms with van der Waals surface area (Å²) in [5.74, 6) is 2.07. The highest BCUT2D eigenvalue weighted by atomic mass is 16.4. The minimum atomic E-state index is 0.360. The lowest BCUT2D eigenvalue weighted by atomic mass is 9.65. The highest BCUT2D eigenvalue weighted by Gasteiger charge is 2.38.